The van der Waals surface area contributed by atoms with Crippen molar-refractivity contribution in [2.24, 2.45) is 17.3 Å². The first-order valence-electron chi connectivity index (χ1n) is 8.92. The summed E-state index contributed by atoms with van der Waals surface area (Å²) in [5.74, 6) is 0.910. The Kier molecular flexibility index (Phi) is 3.89. The normalized spacial score (nSPS) is 38.0. The van der Waals surface area contributed by atoms with Gasteiger partial charge in [0.2, 0.25) is 0 Å². The number of hydrogen-bond acceptors (Lipinski definition) is 5. The van der Waals surface area contributed by atoms with E-state index in [1.807, 2.05) is 19.1 Å². The van der Waals surface area contributed by atoms with Crippen LogP contribution in [0.2, 0.25) is 0 Å². The number of rotatable bonds is 1. The Morgan fingerprint density at radius 3 is 2.72 bits per heavy atom. The number of esters is 1. The van der Waals surface area contributed by atoms with Crippen LogP contribution in [0.5, 0.6) is 0 Å². The van der Waals surface area contributed by atoms with E-state index < -0.39 is 12.2 Å². The number of furan rings is 1. The summed E-state index contributed by atoms with van der Waals surface area (Å²) in [7, 11) is 0. The minimum atomic E-state index is -0.750. The zero-order valence-corrected chi connectivity index (χ0v) is 14.6. The molecule has 0 spiro atoms. The predicted molar refractivity (Wildman–Crippen MR) is 91.2 cm³/mol. The minimum absolute atomic E-state index is 0.0619. The van der Waals surface area contributed by atoms with Crippen LogP contribution in [0, 0.1) is 24.2 Å². The zero-order valence-electron chi connectivity index (χ0n) is 14.6. The molecule has 1 aliphatic heterocycles. The topological polar surface area (TPSA) is 79.9 Å². The summed E-state index contributed by atoms with van der Waals surface area (Å²) in [4.78, 5) is 12.8. The van der Waals surface area contributed by atoms with Crippen LogP contribution >= 0.6 is 0 Å². The molecule has 1 saturated carbocycles. The van der Waals surface area contributed by atoms with Crippen LogP contribution in [0.25, 0.3) is 5.76 Å². The summed E-state index contributed by atoms with van der Waals surface area (Å²) in [6, 6.07) is 1.82. The van der Waals surface area contributed by atoms with Crippen LogP contribution in [0.4, 0.5) is 0 Å². The number of hydrogen-bond donors (Lipinski definition) is 2. The van der Waals surface area contributed by atoms with Gasteiger partial charge in [-0.25, -0.2) is 0 Å². The van der Waals surface area contributed by atoms with Crippen LogP contribution in [0.1, 0.15) is 43.9 Å². The molecule has 3 aliphatic rings. The highest BCUT2D eigenvalue weighted by molar-refractivity contribution is 5.82. The van der Waals surface area contributed by atoms with Gasteiger partial charge in [0.05, 0.1) is 30.0 Å². The second kappa shape index (κ2) is 5.85. The Hall–Kier alpha value is -1.85. The molecule has 5 heteroatoms. The molecule has 1 fully saturated rings. The fourth-order valence-electron chi connectivity index (χ4n) is 4.83. The molecule has 2 heterocycles. The molecule has 2 N–H and O–H groups in total. The van der Waals surface area contributed by atoms with Crippen LogP contribution in [0.15, 0.2) is 34.5 Å². The van der Waals surface area contributed by atoms with Gasteiger partial charge < -0.3 is 19.4 Å². The van der Waals surface area contributed by atoms with Crippen molar-refractivity contribution in [2.45, 2.75) is 51.7 Å². The van der Waals surface area contributed by atoms with Crippen molar-refractivity contribution in [3.8, 4) is 0 Å². The van der Waals surface area contributed by atoms with Crippen molar-refractivity contribution >= 4 is 11.7 Å². The van der Waals surface area contributed by atoms with Crippen LogP contribution < -0.4 is 0 Å². The second-order valence-electron chi connectivity index (χ2n) is 7.75. The van der Waals surface area contributed by atoms with E-state index in [-0.39, 0.29) is 23.2 Å². The molecule has 0 saturated heterocycles. The number of carbonyl (C=O) groups excluding carboxylic acids is 1. The molecule has 4 rings (SSSR count). The van der Waals surface area contributed by atoms with Crippen molar-refractivity contribution in [2.75, 3.05) is 0 Å². The third-order valence-corrected chi connectivity index (χ3v) is 6.36. The highest BCUT2D eigenvalue weighted by Gasteiger charge is 2.51. The van der Waals surface area contributed by atoms with Gasteiger partial charge in [0.15, 0.2) is 0 Å². The number of allylic oxidation sites excluding steroid dienone is 2. The van der Waals surface area contributed by atoms with Crippen molar-refractivity contribution < 1.29 is 24.2 Å². The summed E-state index contributed by atoms with van der Waals surface area (Å²) in [5.41, 5.74) is 1.68. The molecule has 0 unspecified atom stereocenters. The highest BCUT2D eigenvalue weighted by atomic mass is 16.5. The van der Waals surface area contributed by atoms with Gasteiger partial charge in [-0.15, -0.1) is 0 Å². The van der Waals surface area contributed by atoms with Crippen molar-refractivity contribution in [3.63, 3.8) is 0 Å². The molecule has 5 atom stereocenters. The molecular weight excluding hydrogens is 320 g/mol. The molecule has 2 aliphatic carbocycles. The van der Waals surface area contributed by atoms with Gasteiger partial charge in [-0.3, -0.25) is 4.79 Å². The molecule has 25 heavy (non-hydrogen) atoms. The number of ether oxygens (including phenoxy) is 1. The smallest absolute Gasteiger partial charge is 0.314 e. The van der Waals surface area contributed by atoms with Gasteiger partial charge in [-0.1, -0.05) is 18.6 Å². The first-order valence-corrected chi connectivity index (χ1v) is 8.92. The number of aliphatic hydroxyl groups is 2. The number of cyclic esters (lactones) is 1. The predicted octanol–water partition coefficient (Wildman–Crippen LogP) is 2.96. The quantitative estimate of drug-likeness (QED) is 0.605. The summed E-state index contributed by atoms with van der Waals surface area (Å²) in [5, 5.41) is 20.3. The molecule has 0 radical (unpaired) electrons. The maximum Gasteiger partial charge on any atom is 0.314 e. The Bertz CT molecular complexity index is 758. The SMILES string of the molecule is Cc1occc1C1=CC[C@H]2[C@@H](CC=C3C[C@@H](O)[C@H](O)C[C@@]32C)C(=O)O1. The molecule has 5 nitrogen and oxygen atoms in total. The van der Waals surface area contributed by atoms with Crippen LogP contribution in [0.3, 0.4) is 0 Å². The number of aryl methyl sites for hydroxylation is 1. The highest BCUT2D eigenvalue weighted by Crippen LogP contribution is 2.55. The average molecular weight is 344 g/mol. The molecule has 1 aromatic heterocycles. The summed E-state index contributed by atoms with van der Waals surface area (Å²) >= 11 is 0. The Balaban J connectivity index is 1.70. The summed E-state index contributed by atoms with van der Waals surface area (Å²) in [6.07, 6.45) is 6.47. The van der Waals surface area contributed by atoms with Crippen molar-refractivity contribution in [3.05, 3.63) is 41.4 Å². The van der Waals surface area contributed by atoms with E-state index in [1.54, 1.807) is 6.26 Å². The minimum Gasteiger partial charge on any atom is -0.469 e. The van der Waals surface area contributed by atoms with Gasteiger partial charge >= 0.3 is 5.97 Å². The van der Waals surface area contributed by atoms with Crippen molar-refractivity contribution in [1.82, 2.24) is 0 Å². The molecule has 0 aromatic carbocycles. The monoisotopic (exact) mass is 344 g/mol. The average Bonchev–Trinajstić information content (AvgIpc) is 2.90. The number of aliphatic hydroxyl groups excluding tert-OH is 2. The lowest BCUT2D eigenvalue weighted by Gasteiger charge is -2.50. The van der Waals surface area contributed by atoms with E-state index >= 15 is 0 Å². The van der Waals surface area contributed by atoms with E-state index in [0.717, 1.165) is 16.9 Å². The standard InChI is InChI=1S/C20H24O5/c1-11-13(7-8-24-11)18-6-5-15-14(19(23)25-18)4-3-12-9-16(21)17(22)10-20(12,15)2/h3,6-8,14-17,21-22H,4-5,9-10H2,1-2H3/t14-,15+,16-,17-,20+/m1/s1. The molecular formula is C20H24O5. The Morgan fingerprint density at radius 1 is 1.20 bits per heavy atom. The lowest BCUT2D eigenvalue weighted by molar-refractivity contribution is -0.146. The van der Waals surface area contributed by atoms with Crippen LogP contribution in [-0.2, 0) is 9.53 Å². The lowest BCUT2D eigenvalue weighted by atomic mass is 9.55. The summed E-state index contributed by atoms with van der Waals surface area (Å²) in [6.45, 7) is 3.96. The van der Waals surface area contributed by atoms with E-state index in [2.05, 4.69) is 13.0 Å². The fourth-order valence-corrected chi connectivity index (χ4v) is 4.83. The van der Waals surface area contributed by atoms with Crippen molar-refractivity contribution in [1.29, 1.82) is 0 Å². The maximum absolute atomic E-state index is 12.8. The first-order chi connectivity index (χ1) is 11.9. The zero-order chi connectivity index (χ0) is 17.8. The van der Waals surface area contributed by atoms with Gasteiger partial charge in [-0.05, 0) is 56.1 Å². The van der Waals surface area contributed by atoms with E-state index in [0.29, 0.717) is 31.4 Å². The maximum atomic E-state index is 12.8. The number of fused-ring (bicyclic) bond motifs is 3. The lowest BCUT2D eigenvalue weighted by Crippen LogP contribution is -2.48. The van der Waals surface area contributed by atoms with E-state index in [1.165, 1.54) is 0 Å². The van der Waals surface area contributed by atoms with Crippen LogP contribution in [-0.4, -0.2) is 28.4 Å². The Morgan fingerprint density at radius 2 is 2.00 bits per heavy atom. The van der Waals surface area contributed by atoms with Gasteiger partial charge in [0.25, 0.3) is 0 Å². The third kappa shape index (κ3) is 2.57. The summed E-state index contributed by atoms with van der Waals surface area (Å²) < 4.78 is 11.0. The van der Waals surface area contributed by atoms with E-state index in [9.17, 15) is 15.0 Å². The molecule has 1 aromatic rings. The van der Waals surface area contributed by atoms with E-state index in [4.69, 9.17) is 9.15 Å². The van der Waals surface area contributed by atoms with Gasteiger partial charge in [0, 0.05) is 0 Å². The molecule has 0 bridgehead atoms. The first kappa shape index (κ1) is 16.6. The largest absolute Gasteiger partial charge is 0.469 e. The van der Waals surface area contributed by atoms with Gasteiger partial charge in [0.1, 0.15) is 11.5 Å². The second-order valence-corrected chi connectivity index (χ2v) is 7.75. The number of carbonyl (C=O) groups is 1. The molecule has 134 valence electrons. The fraction of sp³-hybridized carbons (Fsp3) is 0.550. The Labute approximate surface area is 147 Å². The van der Waals surface area contributed by atoms with Gasteiger partial charge in [-0.2, -0.15) is 0 Å². The third-order valence-electron chi connectivity index (χ3n) is 6.36. The molecule has 0 amide bonds.